The van der Waals surface area contributed by atoms with Crippen molar-refractivity contribution in [1.82, 2.24) is 0 Å². The van der Waals surface area contributed by atoms with Crippen LogP contribution in [-0.2, 0) is 14.6 Å². The van der Waals surface area contributed by atoms with Gasteiger partial charge in [-0.1, -0.05) is 18.2 Å². The van der Waals surface area contributed by atoms with Crippen LogP contribution in [0.3, 0.4) is 0 Å². The number of carbonyl (C=O) groups is 1. The summed E-state index contributed by atoms with van der Waals surface area (Å²) in [6.07, 6.45) is 0.000994. The quantitative estimate of drug-likeness (QED) is 0.828. The number of nitriles is 1. The third-order valence-corrected chi connectivity index (χ3v) is 5.18. The number of benzene rings is 2. The molecule has 0 saturated carbocycles. The molecule has 2 rings (SSSR count). The molecule has 0 aromatic heterocycles. The van der Waals surface area contributed by atoms with Crippen LogP contribution in [-0.4, -0.2) is 26.1 Å². The van der Waals surface area contributed by atoms with Crippen LogP contribution in [0.2, 0.25) is 0 Å². The van der Waals surface area contributed by atoms with Crippen molar-refractivity contribution < 1.29 is 13.2 Å². The lowest BCUT2D eigenvalue weighted by atomic mass is 10.2. The van der Waals surface area contributed by atoms with Gasteiger partial charge in [0.05, 0.1) is 28.3 Å². The van der Waals surface area contributed by atoms with E-state index in [4.69, 9.17) is 11.0 Å². The molecule has 0 bridgehead atoms. The van der Waals surface area contributed by atoms with Crippen LogP contribution < -0.4 is 11.1 Å². The second-order valence-corrected chi connectivity index (χ2v) is 7.31. The minimum atomic E-state index is -3.56. The zero-order valence-electron chi connectivity index (χ0n) is 12.8. The lowest BCUT2D eigenvalue weighted by Gasteiger charge is -2.12. The summed E-state index contributed by atoms with van der Waals surface area (Å²) in [4.78, 5) is 12.1. The summed E-state index contributed by atoms with van der Waals surface area (Å²) in [7, 11) is -3.56. The van der Waals surface area contributed by atoms with Crippen molar-refractivity contribution in [3.05, 3.63) is 60.2 Å². The van der Waals surface area contributed by atoms with Crippen molar-refractivity contribution in [2.75, 3.05) is 11.1 Å². The first-order chi connectivity index (χ1) is 11.4. The Bertz CT molecular complexity index is 841. The van der Waals surface area contributed by atoms with Gasteiger partial charge in [-0.25, -0.2) is 8.42 Å². The maximum Gasteiger partial charge on any atom is 0.241 e. The Labute approximate surface area is 140 Å². The number of carbonyl (C=O) groups excluding carboxylic acids is 1. The maximum atomic E-state index is 12.2. The van der Waals surface area contributed by atoms with E-state index in [-0.39, 0.29) is 17.1 Å². The van der Waals surface area contributed by atoms with E-state index in [0.717, 1.165) is 0 Å². The number of amides is 1. The molecule has 0 aliphatic rings. The van der Waals surface area contributed by atoms with E-state index in [1.54, 1.807) is 24.3 Å². The molecule has 1 atom stereocenters. The Balaban J connectivity index is 1.95. The third-order valence-electron chi connectivity index (χ3n) is 3.42. The van der Waals surface area contributed by atoms with Gasteiger partial charge in [0, 0.05) is 5.69 Å². The van der Waals surface area contributed by atoms with E-state index in [0.29, 0.717) is 11.3 Å². The molecule has 0 aliphatic carbocycles. The van der Waals surface area contributed by atoms with Gasteiger partial charge in [0.1, 0.15) is 0 Å². The molecule has 2 aromatic carbocycles. The molecule has 0 heterocycles. The molecule has 0 spiro atoms. The van der Waals surface area contributed by atoms with Crippen LogP contribution in [0.4, 0.5) is 5.69 Å². The predicted molar refractivity (Wildman–Crippen MR) is 90.9 cm³/mol. The summed E-state index contributed by atoms with van der Waals surface area (Å²) >= 11 is 0. The highest BCUT2D eigenvalue weighted by Crippen LogP contribution is 2.14. The molecule has 0 radical (unpaired) electrons. The Morgan fingerprint density at radius 2 is 1.75 bits per heavy atom. The summed E-state index contributed by atoms with van der Waals surface area (Å²) in [5.41, 5.74) is 6.76. The standard InChI is InChI=1S/C17H17N3O3S/c18-12-13-6-8-15(9-7-13)24(22,23)11-10-16(19)17(21)20-14-4-2-1-3-5-14/h1-9,16H,10-11,19H2,(H,20,21). The molecule has 2 aromatic rings. The van der Waals surface area contributed by atoms with Crippen LogP contribution in [0.1, 0.15) is 12.0 Å². The second-order valence-electron chi connectivity index (χ2n) is 5.21. The number of nitrogens with zero attached hydrogens (tertiary/aromatic N) is 1. The van der Waals surface area contributed by atoms with Crippen LogP contribution in [0.15, 0.2) is 59.5 Å². The summed E-state index contributed by atoms with van der Waals surface area (Å²) in [6, 6.07) is 15.4. The van der Waals surface area contributed by atoms with Crippen molar-refractivity contribution in [2.45, 2.75) is 17.4 Å². The van der Waals surface area contributed by atoms with Crippen molar-refractivity contribution in [1.29, 1.82) is 5.26 Å². The second kappa shape index (κ2) is 7.73. The Kier molecular flexibility index (Phi) is 5.68. The smallest absolute Gasteiger partial charge is 0.241 e. The Hall–Kier alpha value is -2.69. The van der Waals surface area contributed by atoms with Crippen molar-refractivity contribution >= 4 is 21.4 Å². The number of anilines is 1. The van der Waals surface area contributed by atoms with E-state index in [1.807, 2.05) is 12.1 Å². The molecule has 1 amide bonds. The predicted octanol–water partition coefficient (Wildman–Crippen LogP) is 1.69. The lowest BCUT2D eigenvalue weighted by molar-refractivity contribution is -0.117. The Morgan fingerprint density at radius 1 is 1.12 bits per heavy atom. The largest absolute Gasteiger partial charge is 0.325 e. The molecule has 0 saturated heterocycles. The summed E-state index contributed by atoms with van der Waals surface area (Å²) < 4.78 is 24.5. The van der Waals surface area contributed by atoms with Crippen LogP contribution >= 0.6 is 0 Å². The zero-order chi connectivity index (χ0) is 17.6. The van der Waals surface area contributed by atoms with Crippen molar-refractivity contribution in [3.8, 4) is 6.07 Å². The molecule has 0 fully saturated rings. The lowest BCUT2D eigenvalue weighted by Crippen LogP contribution is -2.37. The van der Waals surface area contributed by atoms with Gasteiger partial charge in [0.25, 0.3) is 0 Å². The minimum absolute atomic E-state index is 0.000994. The van der Waals surface area contributed by atoms with E-state index >= 15 is 0 Å². The topological polar surface area (TPSA) is 113 Å². The minimum Gasteiger partial charge on any atom is -0.325 e. The van der Waals surface area contributed by atoms with Crippen LogP contribution in [0.25, 0.3) is 0 Å². The summed E-state index contributed by atoms with van der Waals surface area (Å²) in [5, 5.41) is 11.4. The summed E-state index contributed by atoms with van der Waals surface area (Å²) in [6.45, 7) is 0. The SMILES string of the molecule is N#Cc1ccc(S(=O)(=O)CCC(N)C(=O)Nc2ccccc2)cc1. The van der Waals surface area contributed by atoms with Gasteiger partial charge in [0.15, 0.2) is 9.84 Å². The molecular formula is C17H17N3O3S. The van der Waals surface area contributed by atoms with Gasteiger partial charge < -0.3 is 11.1 Å². The molecule has 0 aliphatic heterocycles. The summed E-state index contributed by atoms with van der Waals surface area (Å²) in [5.74, 6) is -0.682. The molecule has 3 N–H and O–H groups in total. The van der Waals surface area contributed by atoms with Gasteiger partial charge >= 0.3 is 0 Å². The molecule has 124 valence electrons. The number of nitrogens with one attached hydrogen (secondary N) is 1. The fourth-order valence-corrected chi connectivity index (χ4v) is 3.38. The number of hydrogen-bond donors (Lipinski definition) is 2. The van der Waals surface area contributed by atoms with E-state index in [9.17, 15) is 13.2 Å². The maximum absolute atomic E-state index is 12.2. The van der Waals surface area contributed by atoms with Gasteiger partial charge in [-0.15, -0.1) is 0 Å². The zero-order valence-corrected chi connectivity index (χ0v) is 13.7. The van der Waals surface area contributed by atoms with Gasteiger partial charge in [-0.3, -0.25) is 4.79 Å². The number of hydrogen-bond acceptors (Lipinski definition) is 5. The van der Waals surface area contributed by atoms with E-state index in [1.165, 1.54) is 24.3 Å². The molecular weight excluding hydrogens is 326 g/mol. The number of sulfone groups is 1. The third kappa shape index (κ3) is 4.65. The van der Waals surface area contributed by atoms with Crippen LogP contribution in [0.5, 0.6) is 0 Å². The molecule has 1 unspecified atom stereocenters. The average Bonchev–Trinajstić information content (AvgIpc) is 2.60. The fraction of sp³-hybridized carbons (Fsp3) is 0.176. The molecule has 6 nitrogen and oxygen atoms in total. The fourth-order valence-electron chi connectivity index (χ4n) is 2.02. The van der Waals surface area contributed by atoms with Crippen molar-refractivity contribution in [3.63, 3.8) is 0 Å². The first kappa shape index (κ1) is 17.7. The molecule has 7 heteroatoms. The van der Waals surface area contributed by atoms with Gasteiger partial charge in [-0.2, -0.15) is 5.26 Å². The monoisotopic (exact) mass is 343 g/mol. The highest BCUT2D eigenvalue weighted by Gasteiger charge is 2.20. The first-order valence-corrected chi connectivity index (χ1v) is 8.92. The molecule has 24 heavy (non-hydrogen) atoms. The average molecular weight is 343 g/mol. The van der Waals surface area contributed by atoms with Gasteiger partial charge in [-0.05, 0) is 42.8 Å². The van der Waals surface area contributed by atoms with E-state index < -0.39 is 21.8 Å². The number of rotatable bonds is 6. The van der Waals surface area contributed by atoms with Gasteiger partial charge in [0.2, 0.25) is 5.91 Å². The van der Waals surface area contributed by atoms with Crippen LogP contribution in [0, 0.1) is 11.3 Å². The highest BCUT2D eigenvalue weighted by atomic mass is 32.2. The Morgan fingerprint density at radius 3 is 2.33 bits per heavy atom. The highest BCUT2D eigenvalue weighted by molar-refractivity contribution is 7.91. The first-order valence-electron chi connectivity index (χ1n) is 7.27. The number of nitrogens with two attached hydrogens (primary N) is 1. The number of para-hydroxylation sites is 1. The van der Waals surface area contributed by atoms with Crippen molar-refractivity contribution in [2.24, 2.45) is 5.73 Å². The van der Waals surface area contributed by atoms with E-state index in [2.05, 4.69) is 5.32 Å². The normalized spacial score (nSPS) is 12.2.